The van der Waals surface area contributed by atoms with E-state index in [4.69, 9.17) is 4.74 Å². The van der Waals surface area contributed by atoms with Gasteiger partial charge >= 0.3 is 5.97 Å². The summed E-state index contributed by atoms with van der Waals surface area (Å²) in [6.45, 7) is 8.27. The van der Waals surface area contributed by atoms with Crippen LogP contribution in [0.1, 0.15) is 52.4 Å². The molecular weight excluding hydrogens is 252 g/mol. The summed E-state index contributed by atoms with van der Waals surface area (Å²) >= 11 is 0. The van der Waals surface area contributed by atoms with Crippen LogP contribution in [0.5, 0.6) is 0 Å². The standard InChI is InChI=1S/C16H30N2O2/c1-3-18-11-9-15(10-12-18)17-14-7-5-13(6-8-14)16(19)20-4-2/h13-15,17H,3-12H2,1-2H3. The maximum Gasteiger partial charge on any atom is 0.308 e. The average molecular weight is 282 g/mol. The Labute approximate surface area is 123 Å². The van der Waals surface area contributed by atoms with Crippen LogP contribution in [0.3, 0.4) is 0 Å². The molecule has 1 saturated carbocycles. The van der Waals surface area contributed by atoms with Gasteiger partial charge in [-0.15, -0.1) is 0 Å². The molecule has 4 heteroatoms. The van der Waals surface area contributed by atoms with Crippen LogP contribution in [0.4, 0.5) is 0 Å². The zero-order valence-corrected chi connectivity index (χ0v) is 13.1. The predicted molar refractivity (Wildman–Crippen MR) is 80.7 cm³/mol. The molecule has 0 aromatic heterocycles. The van der Waals surface area contributed by atoms with Crippen LogP contribution in [0, 0.1) is 5.92 Å². The number of ether oxygens (including phenoxy) is 1. The molecule has 0 amide bonds. The smallest absolute Gasteiger partial charge is 0.308 e. The third kappa shape index (κ3) is 4.45. The maximum atomic E-state index is 11.7. The lowest BCUT2D eigenvalue weighted by Gasteiger charge is -2.36. The first-order valence-electron chi connectivity index (χ1n) is 8.38. The van der Waals surface area contributed by atoms with Gasteiger partial charge in [0.25, 0.3) is 0 Å². The number of piperidine rings is 1. The lowest BCUT2D eigenvalue weighted by molar-refractivity contribution is -0.149. The van der Waals surface area contributed by atoms with E-state index in [1.165, 1.54) is 32.5 Å². The number of nitrogens with zero attached hydrogens (tertiary/aromatic N) is 1. The van der Waals surface area contributed by atoms with Gasteiger partial charge in [0.05, 0.1) is 12.5 Å². The highest BCUT2D eigenvalue weighted by Gasteiger charge is 2.29. The van der Waals surface area contributed by atoms with E-state index in [1.54, 1.807) is 0 Å². The van der Waals surface area contributed by atoms with E-state index < -0.39 is 0 Å². The van der Waals surface area contributed by atoms with E-state index >= 15 is 0 Å². The normalized spacial score (nSPS) is 29.3. The topological polar surface area (TPSA) is 41.6 Å². The molecular formula is C16H30N2O2. The second kappa shape index (κ2) is 7.99. The fourth-order valence-corrected chi connectivity index (χ4v) is 3.51. The number of nitrogens with one attached hydrogen (secondary N) is 1. The molecule has 1 heterocycles. The van der Waals surface area contributed by atoms with Gasteiger partial charge in [-0.25, -0.2) is 0 Å². The first-order valence-corrected chi connectivity index (χ1v) is 8.38. The highest BCUT2D eigenvalue weighted by Crippen LogP contribution is 2.26. The zero-order valence-electron chi connectivity index (χ0n) is 13.1. The van der Waals surface area contributed by atoms with E-state index in [-0.39, 0.29) is 11.9 Å². The molecule has 0 aromatic carbocycles. The number of rotatable bonds is 5. The Bertz CT molecular complexity index is 293. The van der Waals surface area contributed by atoms with Crippen LogP contribution in [0.2, 0.25) is 0 Å². The van der Waals surface area contributed by atoms with Gasteiger partial charge in [0.2, 0.25) is 0 Å². The second-order valence-corrected chi connectivity index (χ2v) is 6.18. The highest BCUT2D eigenvalue weighted by atomic mass is 16.5. The molecule has 2 fully saturated rings. The van der Waals surface area contributed by atoms with Crippen molar-refractivity contribution in [1.29, 1.82) is 0 Å². The van der Waals surface area contributed by atoms with Crippen molar-refractivity contribution in [2.45, 2.75) is 64.5 Å². The van der Waals surface area contributed by atoms with Crippen molar-refractivity contribution in [2.24, 2.45) is 5.92 Å². The minimum atomic E-state index is 0.0159. The quantitative estimate of drug-likeness (QED) is 0.785. The van der Waals surface area contributed by atoms with Crippen molar-refractivity contribution in [3.05, 3.63) is 0 Å². The Morgan fingerprint density at radius 1 is 1.05 bits per heavy atom. The fourth-order valence-electron chi connectivity index (χ4n) is 3.51. The molecule has 20 heavy (non-hydrogen) atoms. The summed E-state index contributed by atoms with van der Waals surface area (Å²) in [4.78, 5) is 14.2. The summed E-state index contributed by atoms with van der Waals surface area (Å²) < 4.78 is 5.13. The molecule has 1 aliphatic carbocycles. The van der Waals surface area contributed by atoms with Gasteiger partial charge in [-0.1, -0.05) is 6.92 Å². The van der Waals surface area contributed by atoms with Crippen molar-refractivity contribution in [3.63, 3.8) is 0 Å². The van der Waals surface area contributed by atoms with Gasteiger partial charge in [0, 0.05) is 12.1 Å². The van der Waals surface area contributed by atoms with E-state index in [1.807, 2.05) is 6.92 Å². The molecule has 1 saturated heterocycles. The molecule has 0 spiro atoms. The van der Waals surface area contributed by atoms with E-state index in [9.17, 15) is 4.79 Å². The molecule has 0 radical (unpaired) electrons. The van der Waals surface area contributed by atoms with Crippen LogP contribution in [-0.2, 0) is 9.53 Å². The number of carbonyl (C=O) groups is 1. The molecule has 2 rings (SSSR count). The minimum Gasteiger partial charge on any atom is -0.466 e. The minimum absolute atomic E-state index is 0.0159. The van der Waals surface area contributed by atoms with Crippen LogP contribution >= 0.6 is 0 Å². The van der Waals surface area contributed by atoms with Crippen LogP contribution < -0.4 is 5.32 Å². The highest BCUT2D eigenvalue weighted by molar-refractivity contribution is 5.72. The van der Waals surface area contributed by atoms with E-state index in [0.717, 1.165) is 25.7 Å². The molecule has 0 aromatic rings. The predicted octanol–water partition coefficient (Wildman–Crippen LogP) is 2.18. The first kappa shape index (κ1) is 15.8. The second-order valence-electron chi connectivity index (χ2n) is 6.18. The van der Waals surface area contributed by atoms with Crippen molar-refractivity contribution >= 4 is 5.97 Å². The van der Waals surface area contributed by atoms with Crippen LogP contribution in [-0.4, -0.2) is 49.2 Å². The summed E-state index contributed by atoms with van der Waals surface area (Å²) in [7, 11) is 0. The van der Waals surface area contributed by atoms with Gasteiger partial charge in [-0.3, -0.25) is 4.79 Å². The third-order valence-electron chi connectivity index (χ3n) is 4.85. The van der Waals surface area contributed by atoms with Crippen molar-refractivity contribution in [3.8, 4) is 0 Å². The van der Waals surface area contributed by atoms with Crippen molar-refractivity contribution in [1.82, 2.24) is 10.2 Å². The molecule has 0 bridgehead atoms. The number of likely N-dealkylation sites (tertiary alicyclic amines) is 1. The lowest BCUT2D eigenvalue weighted by Crippen LogP contribution is -2.47. The van der Waals surface area contributed by atoms with Crippen molar-refractivity contribution in [2.75, 3.05) is 26.2 Å². The largest absolute Gasteiger partial charge is 0.466 e. The van der Waals surface area contributed by atoms with Gasteiger partial charge in [0.1, 0.15) is 0 Å². The molecule has 0 unspecified atom stereocenters. The molecule has 0 atom stereocenters. The Morgan fingerprint density at radius 2 is 1.65 bits per heavy atom. The first-order chi connectivity index (χ1) is 9.72. The summed E-state index contributed by atoms with van der Waals surface area (Å²) in [6.07, 6.45) is 6.76. The maximum absolute atomic E-state index is 11.7. The van der Waals surface area contributed by atoms with Gasteiger partial charge in [-0.05, 0) is 65.1 Å². The SMILES string of the molecule is CCOC(=O)C1CCC(NC2CCN(CC)CC2)CC1. The van der Waals surface area contributed by atoms with Gasteiger partial charge < -0.3 is 15.0 Å². The number of carbonyl (C=O) groups excluding carboxylic acids is 1. The lowest BCUT2D eigenvalue weighted by atomic mass is 9.85. The molecule has 4 nitrogen and oxygen atoms in total. The fraction of sp³-hybridized carbons (Fsp3) is 0.938. The summed E-state index contributed by atoms with van der Waals surface area (Å²) in [6, 6.07) is 1.29. The number of esters is 1. The van der Waals surface area contributed by atoms with E-state index in [2.05, 4.69) is 17.1 Å². The zero-order chi connectivity index (χ0) is 14.4. The Morgan fingerprint density at radius 3 is 2.20 bits per heavy atom. The number of hydrogen-bond donors (Lipinski definition) is 1. The molecule has 116 valence electrons. The van der Waals surface area contributed by atoms with Crippen LogP contribution in [0.15, 0.2) is 0 Å². The molecule has 1 aliphatic heterocycles. The van der Waals surface area contributed by atoms with Crippen LogP contribution in [0.25, 0.3) is 0 Å². The average Bonchev–Trinajstić information content (AvgIpc) is 2.49. The Balaban J connectivity index is 1.66. The summed E-state index contributed by atoms with van der Waals surface area (Å²) in [5, 5.41) is 3.82. The molecule has 2 aliphatic rings. The molecule has 1 N–H and O–H groups in total. The van der Waals surface area contributed by atoms with Gasteiger partial charge in [0.15, 0.2) is 0 Å². The summed E-state index contributed by atoms with van der Waals surface area (Å²) in [5.41, 5.74) is 0. The van der Waals surface area contributed by atoms with E-state index in [0.29, 0.717) is 18.7 Å². The Kier molecular flexibility index (Phi) is 6.30. The van der Waals surface area contributed by atoms with Gasteiger partial charge in [-0.2, -0.15) is 0 Å². The monoisotopic (exact) mass is 282 g/mol. The van der Waals surface area contributed by atoms with Crippen molar-refractivity contribution < 1.29 is 9.53 Å². The Hall–Kier alpha value is -0.610. The summed E-state index contributed by atoms with van der Waals surface area (Å²) in [5.74, 6) is 0.164. The number of hydrogen-bond acceptors (Lipinski definition) is 4. The third-order valence-corrected chi connectivity index (χ3v) is 4.85.